The molecule has 0 saturated heterocycles. The van der Waals surface area contributed by atoms with Gasteiger partial charge in [0.15, 0.2) is 12.6 Å². The van der Waals surface area contributed by atoms with Gasteiger partial charge in [0, 0.05) is 26.4 Å². The molecule has 0 aliphatic rings. The molecular formula is C12H26O5. The van der Waals surface area contributed by atoms with Gasteiger partial charge in [-0.2, -0.15) is 0 Å². The SMILES string of the molecule is CCOC(COCC(OCC)OCC)OCC. The Morgan fingerprint density at radius 3 is 1.12 bits per heavy atom. The average Bonchev–Trinajstić information content (AvgIpc) is 2.30. The predicted octanol–water partition coefficient (Wildman–Crippen LogP) is 1.80. The van der Waals surface area contributed by atoms with Gasteiger partial charge < -0.3 is 23.7 Å². The van der Waals surface area contributed by atoms with Crippen LogP contribution < -0.4 is 0 Å². The minimum absolute atomic E-state index is 0.311. The lowest BCUT2D eigenvalue weighted by molar-refractivity contribution is -0.201. The maximum Gasteiger partial charge on any atom is 0.180 e. The van der Waals surface area contributed by atoms with Crippen LogP contribution in [0.5, 0.6) is 0 Å². The van der Waals surface area contributed by atoms with Crippen molar-refractivity contribution >= 4 is 0 Å². The zero-order valence-corrected chi connectivity index (χ0v) is 11.4. The van der Waals surface area contributed by atoms with Crippen LogP contribution in [0.1, 0.15) is 27.7 Å². The molecule has 0 radical (unpaired) electrons. The molecule has 0 atom stereocenters. The van der Waals surface area contributed by atoms with E-state index in [1.54, 1.807) is 0 Å². The minimum atomic E-state index is -0.311. The topological polar surface area (TPSA) is 46.2 Å². The molecule has 0 bridgehead atoms. The third-order valence-electron chi connectivity index (χ3n) is 1.92. The zero-order valence-electron chi connectivity index (χ0n) is 11.4. The van der Waals surface area contributed by atoms with Crippen molar-refractivity contribution in [3.8, 4) is 0 Å². The first-order chi connectivity index (χ1) is 8.28. The van der Waals surface area contributed by atoms with E-state index in [2.05, 4.69) is 0 Å². The van der Waals surface area contributed by atoms with Gasteiger partial charge in [-0.3, -0.25) is 0 Å². The van der Waals surface area contributed by atoms with Gasteiger partial charge in [0.2, 0.25) is 0 Å². The van der Waals surface area contributed by atoms with Crippen molar-refractivity contribution in [2.45, 2.75) is 40.3 Å². The molecule has 0 saturated carbocycles. The fourth-order valence-electron chi connectivity index (χ4n) is 1.29. The second-order valence-electron chi connectivity index (χ2n) is 3.22. The summed E-state index contributed by atoms with van der Waals surface area (Å²) >= 11 is 0. The van der Waals surface area contributed by atoms with Crippen LogP contribution in [0.25, 0.3) is 0 Å². The van der Waals surface area contributed by atoms with Crippen molar-refractivity contribution in [3.05, 3.63) is 0 Å². The second kappa shape index (κ2) is 12.3. The molecule has 0 spiro atoms. The summed E-state index contributed by atoms with van der Waals surface area (Å²) in [4.78, 5) is 0. The molecule has 0 rings (SSSR count). The highest BCUT2D eigenvalue weighted by atomic mass is 16.7. The van der Waals surface area contributed by atoms with Crippen LogP contribution in [0, 0.1) is 0 Å². The highest BCUT2D eigenvalue weighted by Crippen LogP contribution is 2.00. The van der Waals surface area contributed by atoms with Gasteiger partial charge in [0.1, 0.15) is 0 Å². The molecule has 5 nitrogen and oxygen atoms in total. The number of ether oxygens (including phenoxy) is 5. The van der Waals surface area contributed by atoms with E-state index in [9.17, 15) is 0 Å². The third-order valence-corrected chi connectivity index (χ3v) is 1.92. The highest BCUT2D eigenvalue weighted by molar-refractivity contribution is 4.45. The van der Waals surface area contributed by atoms with Crippen molar-refractivity contribution in [1.29, 1.82) is 0 Å². The summed E-state index contributed by atoms with van der Waals surface area (Å²) in [7, 11) is 0. The number of rotatable bonds is 12. The molecule has 0 aliphatic heterocycles. The standard InChI is InChI=1S/C12H26O5/c1-5-14-11(15-6-2)9-13-10-12(16-7-3)17-8-4/h11-12H,5-10H2,1-4H3. The average molecular weight is 250 g/mol. The Morgan fingerprint density at radius 1 is 0.588 bits per heavy atom. The Bertz CT molecular complexity index is 126. The van der Waals surface area contributed by atoms with E-state index in [0.29, 0.717) is 39.6 Å². The van der Waals surface area contributed by atoms with Crippen molar-refractivity contribution in [2.24, 2.45) is 0 Å². The molecule has 104 valence electrons. The predicted molar refractivity (Wildman–Crippen MR) is 64.9 cm³/mol. The Balaban J connectivity index is 3.73. The minimum Gasteiger partial charge on any atom is -0.371 e. The van der Waals surface area contributed by atoms with Crippen molar-refractivity contribution in [3.63, 3.8) is 0 Å². The van der Waals surface area contributed by atoms with E-state index >= 15 is 0 Å². The van der Waals surface area contributed by atoms with Gasteiger partial charge in [-0.15, -0.1) is 0 Å². The van der Waals surface area contributed by atoms with Crippen LogP contribution in [-0.4, -0.2) is 52.2 Å². The summed E-state index contributed by atoms with van der Waals surface area (Å²) in [5.74, 6) is 0. The summed E-state index contributed by atoms with van der Waals surface area (Å²) in [5, 5.41) is 0. The van der Waals surface area contributed by atoms with Gasteiger partial charge in [-0.05, 0) is 27.7 Å². The third kappa shape index (κ3) is 9.50. The van der Waals surface area contributed by atoms with Crippen LogP contribution in [0.3, 0.4) is 0 Å². The summed E-state index contributed by atoms with van der Waals surface area (Å²) in [6.45, 7) is 10.9. The van der Waals surface area contributed by atoms with Gasteiger partial charge >= 0.3 is 0 Å². The molecule has 0 unspecified atom stereocenters. The van der Waals surface area contributed by atoms with E-state index in [-0.39, 0.29) is 12.6 Å². The number of hydrogen-bond donors (Lipinski definition) is 0. The van der Waals surface area contributed by atoms with Crippen LogP contribution >= 0.6 is 0 Å². The molecule has 0 fully saturated rings. The van der Waals surface area contributed by atoms with E-state index in [1.807, 2.05) is 27.7 Å². The van der Waals surface area contributed by atoms with E-state index in [1.165, 1.54) is 0 Å². The van der Waals surface area contributed by atoms with E-state index < -0.39 is 0 Å². The lowest BCUT2D eigenvalue weighted by Crippen LogP contribution is -2.29. The molecule has 5 heteroatoms. The Labute approximate surface area is 104 Å². The maximum absolute atomic E-state index is 5.47. The second-order valence-corrected chi connectivity index (χ2v) is 3.22. The van der Waals surface area contributed by atoms with E-state index in [4.69, 9.17) is 23.7 Å². The first kappa shape index (κ1) is 16.8. The van der Waals surface area contributed by atoms with Gasteiger partial charge in [-0.1, -0.05) is 0 Å². The van der Waals surface area contributed by atoms with Crippen LogP contribution in [0.4, 0.5) is 0 Å². The van der Waals surface area contributed by atoms with Gasteiger partial charge in [0.25, 0.3) is 0 Å². The summed E-state index contributed by atoms with van der Waals surface area (Å²) < 4.78 is 26.9. The lowest BCUT2D eigenvalue weighted by atomic mass is 10.6. The molecular weight excluding hydrogens is 224 g/mol. The fourth-order valence-corrected chi connectivity index (χ4v) is 1.29. The molecule has 0 amide bonds. The molecule has 0 N–H and O–H groups in total. The van der Waals surface area contributed by atoms with Gasteiger partial charge in [-0.25, -0.2) is 0 Å². The lowest BCUT2D eigenvalue weighted by Gasteiger charge is -2.20. The quantitative estimate of drug-likeness (QED) is 0.494. The normalized spacial score (nSPS) is 11.6. The molecule has 17 heavy (non-hydrogen) atoms. The first-order valence-corrected chi connectivity index (χ1v) is 6.32. The summed E-state index contributed by atoms with van der Waals surface area (Å²) in [5.41, 5.74) is 0. The van der Waals surface area contributed by atoms with Crippen LogP contribution in [-0.2, 0) is 23.7 Å². The Morgan fingerprint density at radius 2 is 0.882 bits per heavy atom. The first-order valence-electron chi connectivity index (χ1n) is 6.32. The summed E-state index contributed by atoms with van der Waals surface area (Å²) in [6.07, 6.45) is -0.622. The molecule has 0 aromatic heterocycles. The van der Waals surface area contributed by atoms with Crippen molar-refractivity contribution in [2.75, 3.05) is 39.6 Å². The Hall–Kier alpha value is -0.200. The number of hydrogen-bond acceptors (Lipinski definition) is 5. The largest absolute Gasteiger partial charge is 0.371 e. The monoisotopic (exact) mass is 250 g/mol. The fraction of sp³-hybridized carbons (Fsp3) is 1.00. The van der Waals surface area contributed by atoms with Crippen molar-refractivity contribution < 1.29 is 23.7 Å². The highest BCUT2D eigenvalue weighted by Gasteiger charge is 2.12. The smallest absolute Gasteiger partial charge is 0.180 e. The van der Waals surface area contributed by atoms with E-state index in [0.717, 1.165) is 0 Å². The van der Waals surface area contributed by atoms with Crippen molar-refractivity contribution in [1.82, 2.24) is 0 Å². The van der Waals surface area contributed by atoms with Gasteiger partial charge in [0.05, 0.1) is 13.2 Å². The van der Waals surface area contributed by atoms with Crippen LogP contribution in [0.2, 0.25) is 0 Å². The zero-order chi connectivity index (χ0) is 12.9. The van der Waals surface area contributed by atoms with Crippen LogP contribution in [0.15, 0.2) is 0 Å². The molecule has 0 aliphatic carbocycles. The molecule has 0 aromatic carbocycles. The maximum atomic E-state index is 5.47. The molecule has 0 heterocycles. The summed E-state index contributed by atoms with van der Waals surface area (Å²) in [6, 6.07) is 0. The Kier molecular flexibility index (Phi) is 12.1. The molecule has 0 aromatic rings.